The third-order valence-corrected chi connectivity index (χ3v) is 6.76. The Kier molecular flexibility index (Phi) is 5.41. The normalized spacial score (nSPS) is 17.4. The second-order valence-corrected chi connectivity index (χ2v) is 8.94. The molecule has 1 heterocycles. The largest absolute Gasteiger partial charge is 0.399 e. The first-order chi connectivity index (χ1) is 10.4. The molecule has 0 saturated heterocycles. The molecule has 1 aromatic heterocycles. The number of benzene rings is 1. The summed E-state index contributed by atoms with van der Waals surface area (Å²) < 4.78 is 28.2. The maximum absolute atomic E-state index is 12.7. The number of anilines is 1. The molecular weight excluding hydrogens is 352 g/mol. The second kappa shape index (κ2) is 6.81. The number of aryl methyl sites for hydroxylation is 3. The number of halogens is 1. The summed E-state index contributed by atoms with van der Waals surface area (Å²) in [7, 11) is -3.49. The van der Waals surface area contributed by atoms with E-state index in [0.29, 0.717) is 4.90 Å². The minimum absolute atomic E-state index is 0. The summed E-state index contributed by atoms with van der Waals surface area (Å²) in [6.07, 6.45) is 2.73. The first-order valence-corrected chi connectivity index (χ1v) is 9.64. The van der Waals surface area contributed by atoms with Crippen LogP contribution in [0.4, 0.5) is 5.69 Å². The standard InChI is InChI=1S/C16H20N2O2S2.ClH/c1-10-8-16(11(2)21-10)22(19,20)18-15-5-3-4-12-9-13(17)6-7-14(12)15;/h6-9,15,18H,3-5,17H2,1-2H3;1H. The molecule has 0 spiro atoms. The first kappa shape index (κ1) is 18.3. The van der Waals surface area contributed by atoms with Gasteiger partial charge in [-0.1, -0.05) is 6.07 Å². The van der Waals surface area contributed by atoms with Crippen LogP contribution in [0.5, 0.6) is 0 Å². The Bertz CT molecular complexity index is 815. The fraction of sp³-hybridized carbons (Fsp3) is 0.375. The molecule has 1 unspecified atom stereocenters. The fourth-order valence-electron chi connectivity index (χ4n) is 3.08. The molecule has 126 valence electrons. The highest BCUT2D eigenvalue weighted by Crippen LogP contribution is 2.33. The molecule has 1 atom stereocenters. The van der Waals surface area contributed by atoms with Crippen LogP contribution in [0.15, 0.2) is 29.2 Å². The molecule has 4 nitrogen and oxygen atoms in total. The second-order valence-electron chi connectivity index (χ2n) is 5.80. The summed E-state index contributed by atoms with van der Waals surface area (Å²) in [5.74, 6) is 0. The average Bonchev–Trinajstić information content (AvgIpc) is 2.78. The number of hydrogen-bond donors (Lipinski definition) is 2. The van der Waals surface area contributed by atoms with Crippen molar-refractivity contribution in [2.75, 3.05) is 5.73 Å². The lowest BCUT2D eigenvalue weighted by Crippen LogP contribution is -2.31. The molecular formula is C16H21ClN2O2S2. The molecule has 7 heteroatoms. The van der Waals surface area contributed by atoms with Gasteiger partial charge in [0.25, 0.3) is 0 Å². The maximum atomic E-state index is 12.7. The van der Waals surface area contributed by atoms with Gasteiger partial charge in [0.05, 0.1) is 4.90 Å². The zero-order valence-electron chi connectivity index (χ0n) is 13.1. The van der Waals surface area contributed by atoms with Crippen molar-refractivity contribution < 1.29 is 8.42 Å². The van der Waals surface area contributed by atoms with Gasteiger partial charge in [-0.15, -0.1) is 23.7 Å². The Labute approximate surface area is 147 Å². The van der Waals surface area contributed by atoms with Crippen molar-refractivity contribution in [1.82, 2.24) is 4.72 Å². The molecule has 0 aliphatic heterocycles. The monoisotopic (exact) mass is 372 g/mol. The van der Waals surface area contributed by atoms with Crippen molar-refractivity contribution in [3.05, 3.63) is 45.1 Å². The van der Waals surface area contributed by atoms with Crippen LogP contribution in [0.2, 0.25) is 0 Å². The number of nitrogens with two attached hydrogens (primary N) is 1. The molecule has 0 amide bonds. The molecule has 0 fully saturated rings. The predicted molar refractivity (Wildman–Crippen MR) is 97.9 cm³/mol. The quantitative estimate of drug-likeness (QED) is 0.806. The van der Waals surface area contributed by atoms with Crippen molar-refractivity contribution in [3.63, 3.8) is 0 Å². The van der Waals surface area contributed by atoms with Crippen LogP contribution in [0.25, 0.3) is 0 Å². The van der Waals surface area contributed by atoms with Gasteiger partial charge in [-0.3, -0.25) is 0 Å². The minimum atomic E-state index is -3.49. The average molecular weight is 373 g/mol. The van der Waals surface area contributed by atoms with Crippen LogP contribution in [0.1, 0.15) is 39.8 Å². The smallest absolute Gasteiger partial charge is 0.242 e. The number of nitrogen functional groups attached to an aromatic ring is 1. The Hall–Kier alpha value is -1.08. The lowest BCUT2D eigenvalue weighted by Gasteiger charge is -2.26. The predicted octanol–water partition coefficient (Wildman–Crippen LogP) is 3.72. The summed E-state index contributed by atoms with van der Waals surface area (Å²) in [4.78, 5) is 2.24. The minimum Gasteiger partial charge on any atom is -0.399 e. The highest BCUT2D eigenvalue weighted by atomic mass is 35.5. The summed E-state index contributed by atoms with van der Waals surface area (Å²) in [6.45, 7) is 3.77. The fourth-order valence-corrected chi connectivity index (χ4v) is 5.89. The van der Waals surface area contributed by atoms with Gasteiger partial charge in [0, 0.05) is 21.5 Å². The van der Waals surface area contributed by atoms with Crippen molar-refractivity contribution in [3.8, 4) is 0 Å². The molecule has 0 bridgehead atoms. The van der Waals surface area contributed by atoms with Gasteiger partial charge in [-0.2, -0.15) is 0 Å². The van der Waals surface area contributed by atoms with Crippen molar-refractivity contribution >= 4 is 39.5 Å². The molecule has 0 radical (unpaired) electrons. The van der Waals surface area contributed by atoms with E-state index in [1.165, 1.54) is 11.3 Å². The van der Waals surface area contributed by atoms with E-state index in [0.717, 1.165) is 45.8 Å². The Balaban J connectivity index is 0.00000192. The number of sulfonamides is 1. The number of thiophene rings is 1. The highest BCUT2D eigenvalue weighted by molar-refractivity contribution is 7.89. The van der Waals surface area contributed by atoms with Crippen molar-refractivity contribution in [1.29, 1.82) is 0 Å². The summed E-state index contributed by atoms with van der Waals surface area (Å²) >= 11 is 1.51. The number of rotatable bonds is 3. The van der Waals surface area contributed by atoms with E-state index in [1.54, 1.807) is 6.07 Å². The van der Waals surface area contributed by atoms with Gasteiger partial charge >= 0.3 is 0 Å². The molecule has 23 heavy (non-hydrogen) atoms. The molecule has 1 aromatic carbocycles. The number of hydrogen-bond acceptors (Lipinski definition) is 4. The van der Waals surface area contributed by atoms with E-state index < -0.39 is 10.0 Å². The molecule has 3 rings (SSSR count). The van der Waals surface area contributed by atoms with Crippen molar-refractivity contribution in [2.45, 2.75) is 44.0 Å². The van der Waals surface area contributed by atoms with Crippen molar-refractivity contribution in [2.24, 2.45) is 0 Å². The van der Waals surface area contributed by atoms with Gasteiger partial charge in [0.2, 0.25) is 10.0 Å². The Morgan fingerprint density at radius 1 is 1.26 bits per heavy atom. The molecule has 1 aliphatic rings. The van der Waals surface area contributed by atoms with Crippen LogP contribution >= 0.6 is 23.7 Å². The van der Waals surface area contributed by atoms with Gasteiger partial charge < -0.3 is 5.73 Å². The van der Waals surface area contributed by atoms with Crippen LogP contribution in [-0.4, -0.2) is 8.42 Å². The van der Waals surface area contributed by atoms with Crippen LogP contribution in [0, 0.1) is 13.8 Å². The Morgan fingerprint density at radius 2 is 2.00 bits per heavy atom. The lowest BCUT2D eigenvalue weighted by atomic mass is 9.88. The third kappa shape index (κ3) is 3.71. The third-order valence-electron chi connectivity index (χ3n) is 4.06. The summed E-state index contributed by atoms with van der Waals surface area (Å²) in [6, 6.07) is 7.31. The summed E-state index contributed by atoms with van der Waals surface area (Å²) in [5, 5.41) is 0. The summed E-state index contributed by atoms with van der Waals surface area (Å²) in [5.41, 5.74) is 8.76. The van der Waals surface area contributed by atoms with E-state index in [2.05, 4.69) is 4.72 Å². The van der Waals surface area contributed by atoms with E-state index in [-0.39, 0.29) is 18.4 Å². The molecule has 0 saturated carbocycles. The highest BCUT2D eigenvalue weighted by Gasteiger charge is 2.27. The number of nitrogens with one attached hydrogen (secondary N) is 1. The van der Waals surface area contributed by atoms with E-state index in [1.807, 2.05) is 32.0 Å². The SMILES string of the molecule is Cc1cc(S(=O)(=O)NC2CCCc3cc(N)ccc32)c(C)s1.Cl. The van der Waals surface area contributed by atoms with Gasteiger partial charge in [-0.05, 0) is 62.4 Å². The van der Waals surface area contributed by atoms with Crippen LogP contribution in [-0.2, 0) is 16.4 Å². The first-order valence-electron chi connectivity index (χ1n) is 7.34. The zero-order chi connectivity index (χ0) is 15.9. The topological polar surface area (TPSA) is 72.2 Å². The van der Waals surface area contributed by atoms with E-state index in [4.69, 9.17) is 5.73 Å². The van der Waals surface area contributed by atoms with Gasteiger partial charge in [0.15, 0.2) is 0 Å². The van der Waals surface area contributed by atoms with Gasteiger partial charge in [0.1, 0.15) is 0 Å². The molecule has 2 aromatic rings. The Morgan fingerprint density at radius 3 is 2.65 bits per heavy atom. The number of fused-ring (bicyclic) bond motifs is 1. The zero-order valence-corrected chi connectivity index (χ0v) is 15.6. The molecule has 3 N–H and O–H groups in total. The molecule has 1 aliphatic carbocycles. The van der Waals surface area contributed by atoms with E-state index in [9.17, 15) is 8.42 Å². The lowest BCUT2D eigenvalue weighted by molar-refractivity contribution is 0.507. The van der Waals surface area contributed by atoms with Crippen LogP contribution in [0.3, 0.4) is 0 Å². The van der Waals surface area contributed by atoms with E-state index >= 15 is 0 Å². The van der Waals surface area contributed by atoms with Crippen LogP contribution < -0.4 is 10.5 Å². The van der Waals surface area contributed by atoms with Gasteiger partial charge in [-0.25, -0.2) is 13.1 Å². The maximum Gasteiger partial charge on any atom is 0.242 e.